The number of carbonyl (C=O) groups excluding carboxylic acids is 1. The van der Waals surface area contributed by atoms with E-state index in [9.17, 15) is 9.90 Å². The molecule has 5 nitrogen and oxygen atoms in total. The molecule has 30 heavy (non-hydrogen) atoms. The maximum atomic E-state index is 12.2. The summed E-state index contributed by atoms with van der Waals surface area (Å²) in [5.74, 6) is 0.508. The molecule has 1 unspecified atom stereocenters. The minimum absolute atomic E-state index is 0.0464. The fraction of sp³-hybridized carbons (Fsp3) is 0.320. The topological polar surface area (TPSA) is 70.6 Å². The molecule has 1 amide bonds. The standard InChI is InChI=1S/C25H30N2O3/c1-25(2,3)27-24(29)17-30-23-14-13-18-9-7-8-12-20(18)21(23)15-26-16-22(28)19-10-5-4-6-11-19/h4-14,22,26,28H,15-17H2,1-3H3,(H,27,29). The van der Waals surface area contributed by atoms with Gasteiger partial charge in [0.05, 0.1) is 6.10 Å². The molecule has 0 aliphatic heterocycles. The molecule has 0 heterocycles. The van der Waals surface area contributed by atoms with E-state index in [1.807, 2.05) is 87.5 Å². The number of hydrogen-bond acceptors (Lipinski definition) is 4. The summed E-state index contributed by atoms with van der Waals surface area (Å²) in [5.41, 5.74) is 1.54. The van der Waals surface area contributed by atoms with Crippen molar-refractivity contribution in [2.75, 3.05) is 13.2 Å². The van der Waals surface area contributed by atoms with E-state index >= 15 is 0 Å². The van der Waals surface area contributed by atoms with Gasteiger partial charge in [0.2, 0.25) is 0 Å². The highest BCUT2D eigenvalue weighted by Crippen LogP contribution is 2.28. The summed E-state index contributed by atoms with van der Waals surface area (Å²) in [5, 5.41) is 18.8. The number of amides is 1. The smallest absolute Gasteiger partial charge is 0.258 e. The van der Waals surface area contributed by atoms with Gasteiger partial charge < -0.3 is 20.5 Å². The number of nitrogens with one attached hydrogen (secondary N) is 2. The Morgan fingerprint density at radius 2 is 1.70 bits per heavy atom. The van der Waals surface area contributed by atoms with Gasteiger partial charge in [-0.2, -0.15) is 0 Å². The molecular formula is C25H30N2O3. The lowest BCUT2D eigenvalue weighted by atomic mass is 10.0. The zero-order valence-corrected chi connectivity index (χ0v) is 17.8. The lowest BCUT2D eigenvalue weighted by Crippen LogP contribution is -2.43. The van der Waals surface area contributed by atoms with E-state index in [1.54, 1.807) is 0 Å². The monoisotopic (exact) mass is 406 g/mol. The molecule has 3 aromatic rings. The van der Waals surface area contributed by atoms with Gasteiger partial charge in [0.25, 0.3) is 5.91 Å². The number of aliphatic hydroxyl groups is 1. The lowest BCUT2D eigenvalue weighted by Gasteiger charge is -2.21. The fourth-order valence-corrected chi connectivity index (χ4v) is 3.36. The number of hydrogen-bond donors (Lipinski definition) is 3. The largest absolute Gasteiger partial charge is 0.483 e. The molecule has 0 aliphatic rings. The summed E-state index contributed by atoms with van der Waals surface area (Å²) in [4.78, 5) is 12.2. The molecule has 3 aromatic carbocycles. The highest BCUT2D eigenvalue weighted by atomic mass is 16.5. The maximum absolute atomic E-state index is 12.2. The summed E-state index contributed by atoms with van der Waals surface area (Å²) in [7, 11) is 0. The van der Waals surface area contributed by atoms with E-state index in [-0.39, 0.29) is 18.1 Å². The third-order valence-corrected chi connectivity index (χ3v) is 4.69. The van der Waals surface area contributed by atoms with Crippen LogP contribution < -0.4 is 15.4 Å². The van der Waals surface area contributed by atoms with Crippen LogP contribution in [0.15, 0.2) is 66.7 Å². The van der Waals surface area contributed by atoms with Crippen LogP contribution in [0.1, 0.15) is 38.0 Å². The van der Waals surface area contributed by atoms with Crippen molar-refractivity contribution < 1.29 is 14.6 Å². The van der Waals surface area contributed by atoms with Gasteiger partial charge in [-0.1, -0.05) is 60.7 Å². The van der Waals surface area contributed by atoms with Crippen LogP contribution in [0.4, 0.5) is 0 Å². The van der Waals surface area contributed by atoms with Crippen molar-refractivity contribution in [3.63, 3.8) is 0 Å². The van der Waals surface area contributed by atoms with Gasteiger partial charge in [-0.05, 0) is 43.2 Å². The van der Waals surface area contributed by atoms with E-state index in [2.05, 4.69) is 10.6 Å². The highest BCUT2D eigenvalue weighted by Gasteiger charge is 2.16. The summed E-state index contributed by atoms with van der Waals surface area (Å²) in [6.07, 6.45) is -0.594. The van der Waals surface area contributed by atoms with Crippen LogP contribution in [0.2, 0.25) is 0 Å². The molecule has 1 atom stereocenters. The third kappa shape index (κ3) is 6.05. The molecule has 5 heteroatoms. The molecule has 158 valence electrons. The van der Waals surface area contributed by atoms with Gasteiger partial charge in [0.1, 0.15) is 5.75 Å². The first-order valence-corrected chi connectivity index (χ1v) is 10.2. The maximum Gasteiger partial charge on any atom is 0.258 e. The minimum atomic E-state index is -0.594. The van der Waals surface area contributed by atoms with Crippen LogP contribution >= 0.6 is 0 Å². The van der Waals surface area contributed by atoms with E-state index in [0.717, 1.165) is 21.9 Å². The molecule has 3 rings (SSSR count). The molecule has 0 radical (unpaired) electrons. The van der Waals surface area contributed by atoms with Gasteiger partial charge in [-0.25, -0.2) is 0 Å². The second-order valence-corrected chi connectivity index (χ2v) is 8.41. The van der Waals surface area contributed by atoms with Crippen molar-refractivity contribution in [3.05, 3.63) is 77.9 Å². The predicted octanol–water partition coefficient (Wildman–Crippen LogP) is 3.96. The fourth-order valence-electron chi connectivity index (χ4n) is 3.36. The Kier molecular flexibility index (Phi) is 7.08. The van der Waals surface area contributed by atoms with Gasteiger partial charge in [-0.3, -0.25) is 4.79 Å². The van der Waals surface area contributed by atoms with Crippen LogP contribution in [-0.2, 0) is 11.3 Å². The van der Waals surface area contributed by atoms with Crippen LogP contribution in [0.3, 0.4) is 0 Å². The molecule has 0 aromatic heterocycles. The van der Waals surface area contributed by atoms with E-state index in [1.165, 1.54) is 0 Å². The zero-order valence-electron chi connectivity index (χ0n) is 17.8. The molecule has 3 N–H and O–H groups in total. The van der Waals surface area contributed by atoms with Gasteiger partial charge in [0, 0.05) is 24.2 Å². The molecule has 0 fully saturated rings. The van der Waals surface area contributed by atoms with Crippen molar-refractivity contribution in [3.8, 4) is 5.75 Å². The second kappa shape index (κ2) is 9.74. The average molecular weight is 407 g/mol. The molecule has 0 saturated heterocycles. The van der Waals surface area contributed by atoms with Crippen molar-refractivity contribution in [1.29, 1.82) is 0 Å². The van der Waals surface area contributed by atoms with Crippen LogP contribution in [0.5, 0.6) is 5.75 Å². The normalized spacial score (nSPS) is 12.5. The van der Waals surface area contributed by atoms with E-state index in [0.29, 0.717) is 18.8 Å². The number of ether oxygens (including phenoxy) is 1. The number of aliphatic hydroxyl groups excluding tert-OH is 1. The van der Waals surface area contributed by atoms with Crippen molar-refractivity contribution >= 4 is 16.7 Å². The number of rotatable bonds is 8. The van der Waals surface area contributed by atoms with E-state index in [4.69, 9.17) is 4.74 Å². The first-order valence-electron chi connectivity index (χ1n) is 10.2. The van der Waals surface area contributed by atoms with Gasteiger partial charge in [0.15, 0.2) is 6.61 Å². The number of fused-ring (bicyclic) bond motifs is 1. The van der Waals surface area contributed by atoms with Crippen molar-refractivity contribution in [1.82, 2.24) is 10.6 Å². The van der Waals surface area contributed by atoms with Crippen molar-refractivity contribution in [2.45, 2.75) is 39.0 Å². The van der Waals surface area contributed by atoms with Gasteiger partial charge in [-0.15, -0.1) is 0 Å². The predicted molar refractivity (Wildman–Crippen MR) is 120 cm³/mol. The Balaban J connectivity index is 1.72. The molecular weight excluding hydrogens is 376 g/mol. The average Bonchev–Trinajstić information content (AvgIpc) is 2.72. The molecule has 0 spiro atoms. The quantitative estimate of drug-likeness (QED) is 0.530. The Morgan fingerprint density at radius 3 is 2.43 bits per heavy atom. The number of carbonyl (C=O) groups is 1. The lowest BCUT2D eigenvalue weighted by molar-refractivity contribution is -0.124. The van der Waals surface area contributed by atoms with Crippen LogP contribution in [-0.4, -0.2) is 29.7 Å². The summed E-state index contributed by atoms with van der Waals surface area (Å²) >= 11 is 0. The van der Waals surface area contributed by atoms with Gasteiger partial charge >= 0.3 is 0 Å². The highest BCUT2D eigenvalue weighted by molar-refractivity contribution is 5.88. The Morgan fingerprint density at radius 1 is 1.00 bits per heavy atom. The Hall–Kier alpha value is -2.89. The first kappa shape index (κ1) is 21.8. The van der Waals surface area contributed by atoms with Crippen LogP contribution in [0, 0.1) is 0 Å². The third-order valence-electron chi connectivity index (χ3n) is 4.69. The van der Waals surface area contributed by atoms with Crippen LogP contribution in [0.25, 0.3) is 10.8 Å². The molecule has 0 bridgehead atoms. The summed E-state index contributed by atoms with van der Waals surface area (Å²) < 4.78 is 5.88. The SMILES string of the molecule is CC(C)(C)NC(=O)COc1ccc2ccccc2c1CNCC(O)c1ccccc1. The summed E-state index contributed by atoms with van der Waals surface area (Å²) in [6.45, 7) is 6.70. The van der Waals surface area contributed by atoms with Crippen molar-refractivity contribution in [2.24, 2.45) is 0 Å². The Bertz CT molecular complexity index is 981. The second-order valence-electron chi connectivity index (χ2n) is 8.41. The molecule has 0 aliphatic carbocycles. The minimum Gasteiger partial charge on any atom is -0.483 e. The first-order chi connectivity index (χ1) is 14.3. The number of benzene rings is 3. The molecule has 0 saturated carbocycles. The van der Waals surface area contributed by atoms with E-state index < -0.39 is 6.10 Å². The summed E-state index contributed by atoms with van der Waals surface area (Å²) in [6, 6.07) is 21.5. The zero-order chi connectivity index (χ0) is 21.6. The Labute approximate surface area is 178 Å².